The summed E-state index contributed by atoms with van der Waals surface area (Å²) in [5.41, 5.74) is 4.31. The maximum Gasteiger partial charge on any atom is 0.0738 e. The van der Waals surface area contributed by atoms with E-state index in [-0.39, 0.29) is 0 Å². The summed E-state index contributed by atoms with van der Waals surface area (Å²) in [6.07, 6.45) is 1.95. The fraction of sp³-hybridized carbons (Fsp3) is 0. The number of benzene rings is 2. The lowest BCUT2D eigenvalue weighted by Crippen LogP contribution is -1.87. The normalized spacial score (nSPS) is 12.8. The standard InChI is InChI=1S/C14H8N2/c1-2-5-11-9(4-1)10-8-15-12-6-3-7-13(16-11)14(10)12/h1-8H. The largest absolute Gasteiger partial charge is 0.255 e. The van der Waals surface area contributed by atoms with Gasteiger partial charge in [-0.1, -0.05) is 24.3 Å². The van der Waals surface area contributed by atoms with E-state index in [2.05, 4.69) is 16.0 Å². The van der Waals surface area contributed by atoms with Crippen molar-refractivity contribution in [1.29, 1.82) is 0 Å². The third-order valence-electron chi connectivity index (χ3n) is 3.06. The van der Waals surface area contributed by atoms with Gasteiger partial charge in [0.05, 0.1) is 16.7 Å². The van der Waals surface area contributed by atoms with Crippen molar-refractivity contribution in [3.8, 4) is 0 Å². The van der Waals surface area contributed by atoms with Crippen LogP contribution >= 0.6 is 0 Å². The van der Waals surface area contributed by atoms with Crippen LogP contribution in [0.5, 0.6) is 0 Å². The molecule has 0 bridgehead atoms. The average molecular weight is 204 g/mol. The Labute approximate surface area is 92.3 Å². The number of rotatable bonds is 0. The summed E-state index contributed by atoms with van der Waals surface area (Å²) in [6, 6.07) is 14.3. The highest BCUT2D eigenvalue weighted by molar-refractivity contribution is 6.18. The van der Waals surface area contributed by atoms with Gasteiger partial charge in [0, 0.05) is 22.6 Å². The molecule has 0 saturated heterocycles. The first-order chi connectivity index (χ1) is 7.93. The molecular weight excluding hydrogens is 196 g/mol. The first kappa shape index (κ1) is 7.99. The molecule has 2 nitrogen and oxygen atoms in total. The van der Waals surface area contributed by atoms with Crippen LogP contribution in [0.3, 0.4) is 0 Å². The predicted octanol–water partition coefficient (Wildman–Crippen LogP) is 3.45. The van der Waals surface area contributed by atoms with Gasteiger partial charge in [-0.3, -0.25) is 4.99 Å². The first-order valence-electron chi connectivity index (χ1n) is 5.29. The molecule has 0 radical (unpaired) electrons. The Hall–Kier alpha value is -2.22. The van der Waals surface area contributed by atoms with E-state index in [9.17, 15) is 0 Å². The molecule has 1 aromatic heterocycles. The fourth-order valence-electron chi connectivity index (χ4n) is 2.34. The van der Waals surface area contributed by atoms with Crippen LogP contribution in [0.2, 0.25) is 0 Å². The fourth-order valence-corrected chi connectivity index (χ4v) is 2.34. The second-order valence-electron chi connectivity index (χ2n) is 3.97. The van der Waals surface area contributed by atoms with Gasteiger partial charge in [0.1, 0.15) is 0 Å². The molecule has 2 aromatic carbocycles. The smallest absolute Gasteiger partial charge is 0.0738 e. The molecule has 0 spiro atoms. The number of aromatic nitrogens is 1. The van der Waals surface area contributed by atoms with E-state index in [1.807, 2.05) is 42.6 Å². The summed E-state index contributed by atoms with van der Waals surface area (Å²) in [5.74, 6) is 0. The number of aliphatic imine (C=N–C) groups is 1. The highest BCUT2D eigenvalue weighted by Crippen LogP contribution is 2.35. The summed E-state index contributed by atoms with van der Waals surface area (Å²) in [5, 5.41) is 2.37. The summed E-state index contributed by atoms with van der Waals surface area (Å²) in [4.78, 5) is 9.09. The first-order valence-corrected chi connectivity index (χ1v) is 5.29. The zero-order chi connectivity index (χ0) is 10.5. The Kier molecular flexibility index (Phi) is 1.33. The summed E-state index contributed by atoms with van der Waals surface area (Å²) < 4.78 is 0. The van der Waals surface area contributed by atoms with E-state index in [0.717, 1.165) is 16.7 Å². The van der Waals surface area contributed by atoms with Crippen molar-refractivity contribution in [2.24, 2.45) is 4.99 Å². The predicted molar refractivity (Wildman–Crippen MR) is 66.5 cm³/mol. The van der Waals surface area contributed by atoms with E-state index in [0.29, 0.717) is 0 Å². The van der Waals surface area contributed by atoms with Gasteiger partial charge < -0.3 is 0 Å². The zero-order valence-electron chi connectivity index (χ0n) is 8.51. The van der Waals surface area contributed by atoms with Crippen LogP contribution in [0.1, 0.15) is 5.56 Å². The molecule has 2 heterocycles. The highest BCUT2D eigenvalue weighted by atomic mass is 14.8. The van der Waals surface area contributed by atoms with Gasteiger partial charge in [0.15, 0.2) is 0 Å². The molecular formula is C14H8N2. The molecule has 1 aliphatic rings. The van der Waals surface area contributed by atoms with Crippen LogP contribution in [0.4, 0.5) is 5.69 Å². The number of para-hydroxylation sites is 1. The maximum absolute atomic E-state index is 4.66. The second kappa shape index (κ2) is 2.67. The summed E-state index contributed by atoms with van der Waals surface area (Å²) in [7, 11) is 0. The van der Waals surface area contributed by atoms with E-state index in [1.54, 1.807) is 0 Å². The Morgan fingerprint density at radius 1 is 0.812 bits per heavy atom. The molecule has 0 aliphatic carbocycles. The van der Waals surface area contributed by atoms with Crippen LogP contribution in [-0.2, 0) is 0 Å². The Balaban J connectivity index is 2.38. The molecule has 4 rings (SSSR count). The van der Waals surface area contributed by atoms with Crippen molar-refractivity contribution in [3.05, 3.63) is 48.0 Å². The highest BCUT2D eigenvalue weighted by Gasteiger charge is 2.14. The Morgan fingerprint density at radius 3 is 2.69 bits per heavy atom. The van der Waals surface area contributed by atoms with Crippen LogP contribution in [-0.4, -0.2) is 11.2 Å². The van der Waals surface area contributed by atoms with Crippen molar-refractivity contribution >= 4 is 33.7 Å². The summed E-state index contributed by atoms with van der Waals surface area (Å²) in [6.45, 7) is 0. The van der Waals surface area contributed by atoms with Crippen molar-refractivity contribution in [2.75, 3.05) is 0 Å². The third kappa shape index (κ3) is 0.865. The lowest BCUT2D eigenvalue weighted by atomic mass is 10.0. The van der Waals surface area contributed by atoms with Gasteiger partial charge in [0.2, 0.25) is 0 Å². The van der Waals surface area contributed by atoms with Gasteiger partial charge in [-0.25, -0.2) is 4.98 Å². The monoisotopic (exact) mass is 204 g/mol. The molecule has 0 N–H and O–H groups in total. The average Bonchev–Trinajstić information content (AvgIpc) is 2.76. The number of hydrogen-bond donors (Lipinski definition) is 0. The van der Waals surface area contributed by atoms with Crippen molar-refractivity contribution in [2.45, 2.75) is 0 Å². The van der Waals surface area contributed by atoms with Crippen LogP contribution < -0.4 is 0 Å². The van der Waals surface area contributed by atoms with Gasteiger partial charge in [0.25, 0.3) is 0 Å². The lowest BCUT2D eigenvalue weighted by Gasteiger charge is -2.04. The van der Waals surface area contributed by atoms with Gasteiger partial charge in [-0.15, -0.1) is 0 Å². The van der Waals surface area contributed by atoms with E-state index in [4.69, 9.17) is 0 Å². The Morgan fingerprint density at radius 2 is 1.69 bits per heavy atom. The van der Waals surface area contributed by atoms with E-state index < -0.39 is 0 Å². The minimum atomic E-state index is 1.03. The van der Waals surface area contributed by atoms with Crippen molar-refractivity contribution in [1.82, 2.24) is 4.98 Å². The minimum absolute atomic E-state index is 1.03. The molecule has 3 aromatic rings. The van der Waals surface area contributed by atoms with Crippen LogP contribution in [0.25, 0.3) is 21.8 Å². The maximum atomic E-state index is 4.66. The quantitative estimate of drug-likeness (QED) is 0.403. The molecule has 1 aliphatic heterocycles. The third-order valence-corrected chi connectivity index (χ3v) is 3.06. The number of hydrogen-bond acceptors (Lipinski definition) is 2. The molecule has 0 amide bonds. The summed E-state index contributed by atoms with van der Waals surface area (Å²) >= 11 is 0. The molecule has 2 heteroatoms. The second-order valence-corrected chi connectivity index (χ2v) is 3.97. The lowest BCUT2D eigenvalue weighted by molar-refractivity contribution is 1.49. The molecule has 74 valence electrons. The Bertz CT molecular complexity index is 757. The van der Waals surface area contributed by atoms with Crippen molar-refractivity contribution in [3.63, 3.8) is 0 Å². The van der Waals surface area contributed by atoms with Crippen molar-refractivity contribution < 1.29 is 0 Å². The van der Waals surface area contributed by atoms with Gasteiger partial charge in [-0.2, -0.15) is 0 Å². The van der Waals surface area contributed by atoms with Crippen LogP contribution in [0, 0.1) is 0 Å². The number of nitrogens with zero attached hydrogens (tertiary/aromatic N) is 2. The molecule has 0 fully saturated rings. The van der Waals surface area contributed by atoms with Gasteiger partial charge >= 0.3 is 0 Å². The molecule has 0 atom stereocenters. The molecule has 0 saturated carbocycles. The van der Waals surface area contributed by atoms with E-state index >= 15 is 0 Å². The molecule has 16 heavy (non-hydrogen) atoms. The topological polar surface area (TPSA) is 25.2 Å². The van der Waals surface area contributed by atoms with E-state index in [1.165, 1.54) is 16.3 Å². The van der Waals surface area contributed by atoms with Crippen LogP contribution in [0.15, 0.2) is 47.5 Å². The van der Waals surface area contributed by atoms with Gasteiger partial charge in [-0.05, 0) is 18.2 Å². The SMILES string of the molecule is C1=Nc2cccc3nc4ccccc4c1c23. The zero-order valence-corrected chi connectivity index (χ0v) is 8.51. The number of fused-ring (bicyclic) bond motifs is 2. The minimum Gasteiger partial charge on any atom is -0.255 e. The molecule has 0 unspecified atom stereocenters. The number of pyridine rings is 1.